The quantitative estimate of drug-likeness (QED) is 0.910. The maximum atomic E-state index is 12.1. The van der Waals surface area contributed by atoms with Crippen molar-refractivity contribution in [3.05, 3.63) is 48.2 Å². The fraction of sp³-hybridized carbons (Fsp3) is 0.294. The number of nitrogens with zero attached hydrogens (tertiary/aromatic N) is 2. The molecule has 0 bridgehead atoms. The average molecular weight is 351 g/mol. The van der Waals surface area contributed by atoms with Crippen LogP contribution in [0.5, 0.6) is 5.75 Å². The van der Waals surface area contributed by atoms with Gasteiger partial charge in [0.25, 0.3) is 5.91 Å². The number of amides is 1. The summed E-state index contributed by atoms with van der Waals surface area (Å²) in [5.41, 5.74) is 1.21. The van der Waals surface area contributed by atoms with Crippen molar-refractivity contribution < 1.29 is 22.7 Å². The molecule has 1 N–H and O–H groups in total. The van der Waals surface area contributed by atoms with E-state index in [1.165, 1.54) is 12.1 Å². The molecule has 0 aliphatic carbocycles. The Bertz CT molecular complexity index is 724. The van der Waals surface area contributed by atoms with Gasteiger partial charge in [0.05, 0.1) is 11.9 Å². The van der Waals surface area contributed by atoms with Crippen molar-refractivity contribution in [1.82, 2.24) is 4.98 Å². The fourth-order valence-electron chi connectivity index (χ4n) is 2.62. The summed E-state index contributed by atoms with van der Waals surface area (Å²) in [5.74, 6) is -0.458. The molecular weight excluding hydrogens is 335 g/mol. The van der Waals surface area contributed by atoms with Crippen LogP contribution in [0, 0.1) is 0 Å². The smallest absolute Gasteiger partial charge is 0.406 e. The van der Waals surface area contributed by atoms with E-state index in [0.717, 1.165) is 43.8 Å². The van der Waals surface area contributed by atoms with E-state index in [0.29, 0.717) is 5.82 Å². The molecule has 2 heterocycles. The summed E-state index contributed by atoms with van der Waals surface area (Å²) >= 11 is 0. The Labute approximate surface area is 142 Å². The highest BCUT2D eigenvalue weighted by molar-refractivity contribution is 6.03. The number of halogens is 3. The minimum atomic E-state index is -4.76. The second-order valence-electron chi connectivity index (χ2n) is 5.62. The molecular formula is C17H16F3N3O2. The first-order chi connectivity index (χ1) is 11.9. The lowest BCUT2D eigenvalue weighted by Crippen LogP contribution is -2.18. The Morgan fingerprint density at radius 2 is 1.76 bits per heavy atom. The van der Waals surface area contributed by atoms with Crippen LogP contribution in [0.4, 0.5) is 24.7 Å². The summed E-state index contributed by atoms with van der Waals surface area (Å²) in [6, 6.07) is 8.28. The Morgan fingerprint density at radius 3 is 2.32 bits per heavy atom. The highest BCUT2D eigenvalue weighted by Crippen LogP contribution is 2.23. The van der Waals surface area contributed by atoms with Gasteiger partial charge in [-0.2, -0.15) is 0 Å². The third-order valence-electron chi connectivity index (χ3n) is 3.81. The van der Waals surface area contributed by atoms with Crippen molar-refractivity contribution in [2.45, 2.75) is 19.2 Å². The molecule has 1 fully saturated rings. The summed E-state index contributed by atoms with van der Waals surface area (Å²) in [6.07, 6.45) is -0.745. The third kappa shape index (κ3) is 4.62. The molecule has 0 atom stereocenters. The van der Waals surface area contributed by atoms with Crippen molar-refractivity contribution in [3.8, 4) is 5.75 Å². The standard InChI is InChI=1S/C17H16F3N3O2/c18-17(19,20)25-14-6-3-12(4-7-14)16(24)22-15-8-5-13(11-21-15)23-9-1-2-10-23/h3-8,11H,1-2,9-10H2,(H,21,22,24). The predicted molar refractivity (Wildman–Crippen MR) is 86.8 cm³/mol. The zero-order valence-electron chi connectivity index (χ0n) is 13.2. The molecule has 1 saturated heterocycles. The van der Waals surface area contributed by atoms with Gasteiger partial charge in [0.1, 0.15) is 11.6 Å². The number of carbonyl (C=O) groups excluding carboxylic acids is 1. The first-order valence-electron chi connectivity index (χ1n) is 7.79. The number of benzene rings is 1. The Hall–Kier alpha value is -2.77. The van der Waals surface area contributed by atoms with Gasteiger partial charge in [-0.1, -0.05) is 0 Å². The molecule has 1 aromatic carbocycles. The summed E-state index contributed by atoms with van der Waals surface area (Å²) < 4.78 is 40.1. The van der Waals surface area contributed by atoms with Gasteiger partial charge >= 0.3 is 6.36 Å². The van der Waals surface area contributed by atoms with E-state index in [9.17, 15) is 18.0 Å². The molecule has 8 heteroatoms. The molecule has 0 spiro atoms. The molecule has 1 aliphatic rings. The maximum absolute atomic E-state index is 12.1. The molecule has 1 aromatic heterocycles. The Kier molecular flexibility index (Phi) is 4.78. The second kappa shape index (κ2) is 7.00. The van der Waals surface area contributed by atoms with Gasteiger partial charge in [-0.05, 0) is 49.2 Å². The van der Waals surface area contributed by atoms with Crippen LogP contribution in [0.2, 0.25) is 0 Å². The number of nitrogens with one attached hydrogen (secondary N) is 1. The lowest BCUT2D eigenvalue weighted by Gasteiger charge is -2.17. The van der Waals surface area contributed by atoms with Crippen LogP contribution >= 0.6 is 0 Å². The van der Waals surface area contributed by atoms with E-state index in [1.54, 1.807) is 12.3 Å². The number of alkyl halides is 3. The summed E-state index contributed by atoms with van der Waals surface area (Å²) in [6.45, 7) is 2.00. The summed E-state index contributed by atoms with van der Waals surface area (Å²) in [4.78, 5) is 18.6. The highest BCUT2D eigenvalue weighted by atomic mass is 19.4. The zero-order chi connectivity index (χ0) is 17.9. The molecule has 132 valence electrons. The van der Waals surface area contributed by atoms with Crippen molar-refractivity contribution in [1.29, 1.82) is 0 Å². The molecule has 1 aliphatic heterocycles. The second-order valence-corrected chi connectivity index (χ2v) is 5.62. The van der Waals surface area contributed by atoms with E-state index in [-0.39, 0.29) is 11.3 Å². The number of anilines is 2. The number of pyridine rings is 1. The molecule has 1 amide bonds. The monoisotopic (exact) mass is 351 g/mol. The van der Waals surface area contributed by atoms with Crippen molar-refractivity contribution in [3.63, 3.8) is 0 Å². The van der Waals surface area contributed by atoms with Gasteiger partial charge in [0.15, 0.2) is 0 Å². The van der Waals surface area contributed by atoms with Crippen molar-refractivity contribution in [2.24, 2.45) is 0 Å². The van der Waals surface area contributed by atoms with Crippen molar-refractivity contribution in [2.75, 3.05) is 23.3 Å². The third-order valence-corrected chi connectivity index (χ3v) is 3.81. The first kappa shape index (κ1) is 17.1. The largest absolute Gasteiger partial charge is 0.573 e. The number of hydrogen-bond donors (Lipinski definition) is 1. The van der Waals surface area contributed by atoms with Crippen molar-refractivity contribution >= 4 is 17.4 Å². The van der Waals surface area contributed by atoms with Crippen LogP contribution in [0.15, 0.2) is 42.6 Å². The topological polar surface area (TPSA) is 54.5 Å². The van der Waals surface area contributed by atoms with Crippen LogP contribution in [0.3, 0.4) is 0 Å². The van der Waals surface area contributed by atoms with Crippen LogP contribution in [0.25, 0.3) is 0 Å². The Morgan fingerprint density at radius 1 is 1.08 bits per heavy atom. The van der Waals surface area contributed by atoms with Crippen LogP contribution < -0.4 is 15.0 Å². The molecule has 25 heavy (non-hydrogen) atoms. The Balaban J connectivity index is 1.61. The maximum Gasteiger partial charge on any atom is 0.573 e. The van der Waals surface area contributed by atoms with Gasteiger partial charge in [-0.15, -0.1) is 13.2 Å². The molecule has 0 radical (unpaired) electrons. The molecule has 2 aromatic rings. The van der Waals surface area contributed by atoms with E-state index < -0.39 is 12.3 Å². The van der Waals surface area contributed by atoms with Gasteiger partial charge in [0, 0.05) is 18.7 Å². The number of ether oxygens (including phenoxy) is 1. The molecule has 3 rings (SSSR count). The van der Waals surface area contributed by atoms with E-state index in [1.807, 2.05) is 6.07 Å². The zero-order valence-corrected chi connectivity index (χ0v) is 13.2. The normalized spacial score (nSPS) is 14.4. The molecule has 0 saturated carbocycles. The van der Waals surface area contributed by atoms with Crippen LogP contribution in [-0.2, 0) is 0 Å². The first-order valence-corrected chi connectivity index (χ1v) is 7.79. The SMILES string of the molecule is O=C(Nc1ccc(N2CCCC2)cn1)c1ccc(OC(F)(F)F)cc1. The lowest BCUT2D eigenvalue weighted by molar-refractivity contribution is -0.274. The number of rotatable bonds is 4. The summed E-state index contributed by atoms with van der Waals surface area (Å²) in [5, 5.41) is 2.61. The van der Waals surface area contributed by atoms with Crippen LogP contribution in [0.1, 0.15) is 23.2 Å². The number of hydrogen-bond acceptors (Lipinski definition) is 4. The number of aromatic nitrogens is 1. The highest BCUT2D eigenvalue weighted by Gasteiger charge is 2.31. The van der Waals surface area contributed by atoms with Crippen LogP contribution in [-0.4, -0.2) is 30.3 Å². The minimum Gasteiger partial charge on any atom is -0.406 e. The van der Waals surface area contributed by atoms with Gasteiger partial charge in [0.2, 0.25) is 0 Å². The average Bonchev–Trinajstić information content (AvgIpc) is 3.09. The van der Waals surface area contributed by atoms with E-state index >= 15 is 0 Å². The predicted octanol–water partition coefficient (Wildman–Crippen LogP) is 3.83. The van der Waals surface area contributed by atoms with E-state index in [2.05, 4.69) is 19.9 Å². The minimum absolute atomic E-state index is 0.208. The summed E-state index contributed by atoms with van der Waals surface area (Å²) in [7, 11) is 0. The van der Waals surface area contributed by atoms with Gasteiger partial charge in [-0.25, -0.2) is 4.98 Å². The van der Waals surface area contributed by atoms with Gasteiger partial charge in [-0.3, -0.25) is 4.79 Å². The molecule has 0 unspecified atom stereocenters. The lowest BCUT2D eigenvalue weighted by atomic mass is 10.2. The fourth-order valence-corrected chi connectivity index (χ4v) is 2.62. The van der Waals surface area contributed by atoms with E-state index in [4.69, 9.17) is 0 Å². The van der Waals surface area contributed by atoms with Gasteiger partial charge < -0.3 is 15.0 Å². The number of carbonyl (C=O) groups is 1. The molecule has 5 nitrogen and oxygen atoms in total.